The molecule has 1 aliphatic rings. The van der Waals surface area contributed by atoms with Crippen LogP contribution in [0.15, 0.2) is 24.3 Å². The van der Waals surface area contributed by atoms with E-state index in [2.05, 4.69) is 15.5 Å². The van der Waals surface area contributed by atoms with Crippen molar-refractivity contribution in [2.24, 2.45) is 0 Å². The van der Waals surface area contributed by atoms with Crippen LogP contribution in [0.25, 0.3) is 0 Å². The zero-order valence-corrected chi connectivity index (χ0v) is 11.7. The highest BCUT2D eigenvalue weighted by atomic mass is 32.1. The van der Waals surface area contributed by atoms with Crippen molar-refractivity contribution in [2.45, 2.75) is 31.6 Å². The van der Waals surface area contributed by atoms with Crippen LogP contribution in [0.3, 0.4) is 0 Å². The van der Waals surface area contributed by atoms with Crippen molar-refractivity contribution in [1.82, 2.24) is 15.5 Å². The number of aromatic nitrogens is 2. The Morgan fingerprint density at radius 1 is 1.24 bits per heavy atom. The van der Waals surface area contributed by atoms with Crippen molar-refractivity contribution in [2.75, 3.05) is 0 Å². The summed E-state index contributed by atoms with van der Waals surface area (Å²) in [5, 5.41) is 11.7. The third-order valence-electron chi connectivity index (χ3n) is 2.96. The van der Waals surface area contributed by atoms with Gasteiger partial charge in [-0.05, 0) is 25.0 Å². The summed E-state index contributed by atoms with van der Waals surface area (Å²) < 4.78 is 43.8. The van der Waals surface area contributed by atoms with Gasteiger partial charge < -0.3 is 10.1 Å². The number of para-hydroxylation sites is 1. The molecule has 0 radical (unpaired) electrons. The van der Waals surface area contributed by atoms with E-state index < -0.39 is 11.7 Å². The molecule has 4 nitrogen and oxygen atoms in total. The summed E-state index contributed by atoms with van der Waals surface area (Å²) >= 11 is 1.14. The molecule has 1 saturated carbocycles. The summed E-state index contributed by atoms with van der Waals surface area (Å²) in [6, 6.07) is 5.59. The first-order chi connectivity index (χ1) is 10.0. The largest absolute Gasteiger partial charge is 0.429 e. The van der Waals surface area contributed by atoms with Crippen molar-refractivity contribution in [3.05, 3.63) is 34.8 Å². The van der Waals surface area contributed by atoms with E-state index in [0.29, 0.717) is 17.6 Å². The molecule has 8 heteroatoms. The Hall–Kier alpha value is -1.67. The van der Waals surface area contributed by atoms with E-state index in [1.54, 1.807) is 0 Å². The van der Waals surface area contributed by atoms with Gasteiger partial charge in [0.15, 0.2) is 0 Å². The summed E-state index contributed by atoms with van der Waals surface area (Å²) in [5.74, 6) is -0.261. The third-order valence-corrected chi connectivity index (χ3v) is 3.76. The molecule has 0 amide bonds. The van der Waals surface area contributed by atoms with Crippen molar-refractivity contribution in [1.29, 1.82) is 0 Å². The second kappa shape index (κ2) is 5.61. The van der Waals surface area contributed by atoms with E-state index in [4.69, 9.17) is 4.74 Å². The first-order valence-electron chi connectivity index (χ1n) is 6.42. The Balaban J connectivity index is 1.71. The maximum Gasteiger partial charge on any atom is 0.419 e. The Morgan fingerprint density at radius 2 is 2.00 bits per heavy atom. The van der Waals surface area contributed by atoms with E-state index in [1.165, 1.54) is 18.2 Å². The molecule has 1 heterocycles. The average Bonchev–Trinajstić information content (AvgIpc) is 3.16. The van der Waals surface area contributed by atoms with Crippen LogP contribution in [0, 0.1) is 0 Å². The first-order valence-corrected chi connectivity index (χ1v) is 7.24. The first kappa shape index (κ1) is 14.3. The van der Waals surface area contributed by atoms with Crippen LogP contribution in [-0.4, -0.2) is 16.2 Å². The summed E-state index contributed by atoms with van der Waals surface area (Å²) in [4.78, 5) is 0. The number of rotatable bonds is 5. The van der Waals surface area contributed by atoms with E-state index in [1.807, 2.05) is 0 Å². The number of nitrogens with one attached hydrogen (secondary N) is 1. The van der Waals surface area contributed by atoms with E-state index in [0.717, 1.165) is 30.2 Å². The quantitative estimate of drug-likeness (QED) is 0.916. The molecule has 0 unspecified atom stereocenters. The number of hydrogen-bond donors (Lipinski definition) is 1. The van der Waals surface area contributed by atoms with Gasteiger partial charge in [0.2, 0.25) is 0 Å². The predicted octanol–water partition coefficient (Wildman–Crippen LogP) is 3.60. The molecule has 112 valence electrons. The van der Waals surface area contributed by atoms with E-state index >= 15 is 0 Å². The number of ether oxygens (including phenoxy) is 1. The van der Waals surface area contributed by atoms with Crippen molar-refractivity contribution >= 4 is 11.3 Å². The molecular weight excluding hydrogens is 303 g/mol. The average molecular weight is 315 g/mol. The maximum atomic E-state index is 12.9. The number of nitrogens with zero attached hydrogens (tertiary/aromatic N) is 2. The lowest BCUT2D eigenvalue weighted by Crippen LogP contribution is -2.14. The minimum Gasteiger partial charge on any atom is -0.429 e. The van der Waals surface area contributed by atoms with Gasteiger partial charge in [-0.15, -0.1) is 5.10 Å². The highest BCUT2D eigenvalue weighted by Crippen LogP contribution is 2.38. The summed E-state index contributed by atoms with van der Waals surface area (Å²) in [6.07, 6.45) is -2.15. The molecule has 1 fully saturated rings. The normalized spacial score (nSPS) is 15.2. The SMILES string of the molecule is FC(F)(F)c1ccccc1Oc1nnc(CNC2CC2)s1. The maximum absolute atomic E-state index is 12.9. The highest BCUT2D eigenvalue weighted by molar-refractivity contribution is 7.13. The lowest BCUT2D eigenvalue weighted by Gasteiger charge is -2.11. The molecule has 2 aromatic rings. The van der Waals surface area contributed by atoms with Gasteiger partial charge in [-0.2, -0.15) is 13.2 Å². The molecular formula is C13H12F3N3OS. The number of benzene rings is 1. The van der Waals surface area contributed by atoms with Crippen LogP contribution < -0.4 is 10.1 Å². The lowest BCUT2D eigenvalue weighted by molar-refractivity contribution is -0.138. The van der Waals surface area contributed by atoms with Crippen LogP contribution >= 0.6 is 11.3 Å². The van der Waals surface area contributed by atoms with Crippen LogP contribution in [0.4, 0.5) is 13.2 Å². The second-order valence-corrected chi connectivity index (χ2v) is 5.74. The van der Waals surface area contributed by atoms with E-state index in [9.17, 15) is 13.2 Å². The molecule has 0 atom stereocenters. The van der Waals surface area contributed by atoms with Crippen molar-refractivity contribution in [3.63, 3.8) is 0 Å². The molecule has 21 heavy (non-hydrogen) atoms. The molecule has 1 aromatic carbocycles. The van der Waals surface area contributed by atoms with Gasteiger partial charge in [0.05, 0.1) is 12.1 Å². The standard InChI is InChI=1S/C13H12F3N3OS/c14-13(15,16)9-3-1-2-4-10(9)20-12-19-18-11(21-12)7-17-8-5-6-8/h1-4,8,17H,5-7H2. The number of halogens is 3. The lowest BCUT2D eigenvalue weighted by atomic mass is 10.2. The van der Waals surface area contributed by atoms with Gasteiger partial charge in [0, 0.05) is 6.04 Å². The van der Waals surface area contributed by atoms with Crippen LogP contribution in [0.2, 0.25) is 0 Å². The van der Waals surface area contributed by atoms with E-state index in [-0.39, 0.29) is 10.9 Å². The van der Waals surface area contributed by atoms with Gasteiger partial charge in [0.1, 0.15) is 10.8 Å². The topological polar surface area (TPSA) is 47.0 Å². The van der Waals surface area contributed by atoms with Crippen molar-refractivity contribution < 1.29 is 17.9 Å². The Labute approximate surface area is 123 Å². The monoisotopic (exact) mass is 315 g/mol. The van der Waals surface area contributed by atoms with Gasteiger partial charge >= 0.3 is 6.18 Å². The third kappa shape index (κ3) is 3.70. The van der Waals surface area contributed by atoms with Crippen molar-refractivity contribution in [3.8, 4) is 10.9 Å². The van der Waals surface area contributed by atoms with Crippen LogP contribution in [0.1, 0.15) is 23.4 Å². The summed E-state index contributed by atoms with van der Waals surface area (Å²) in [7, 11) is 0. The highest BCUT2D eigenvalue weighted by Gasteiger charge is 2.34. The fourth-order valence-corrected chi connectivity index (χ4v) is 2.41. The molecule has 0 aliphatic heterocycles. The second-order valence-electron chi connectivity index (χ2n) is 4.71. The zero-order chi connectivity index (χ0) is 14.9. The van der Waals surface area contributed by atoms with Gasteiger partial charge in [-0.25, -0.2) is 0 Å². The Kier molecular flexibility index (Phi) is 3.81. The molecule has 1 aliphatic carbocycles. The predicted molar refractivity (Wildman–Crippen MR) is 71.3 cm³/mol. The molecule has 0 spiro atoms. The minimum absolute atomic E-state index is 0.110. The smallest absolute Gasteiger partial charge is 0.419 e. The van der Waals surface area contributed by atoms with Gasteiger partial charge in [-0.3, -0.25) is 0 Å². The molecule has 3 rings (SSSR count). The van der Waals surface area contributed by atoms with Gasteiger partial charge in [0.25, 0.3) is 5.19 Å². The molecule has 0 bridgehead atoms. The fraction of sp³-hybridized carbons (Fsp3) is 0.385. The molecule has 1 N–H and O–H groups in total. The Bertz CT molecular complexity index is 625. The molecule has 1 aromatic heterocycles. The summed E-state index contributed by atoms with van der Waals surface area (Å²) in [5.41, 5.74) is -0.821. The molecule has 0 saturated heterocycles. The van der Waals surface area contributed by atoms with Crippen LogP contribution in [0.5, 0.6) is 10.9 Å². The number of alkyl halides is 3. The minimum atomic E-state index is -4.46. The fourth-order valence-electron chi connectivity index (χ4n) is 1.75. The summed E-state index contributed by atoms with van der Waals surface area (Å²) in [6.45, 7) is 0.562. The van der Waals surface area contributed by atoms with Crippen LogP contribution in [-0.2, 0) is 12.7 Å². The van der Waals surface area contributed by atoms with Gasteiger partial charge in [-0.1, -0.05) is 28.6 Å². The number of hydrogen-bond acceptors (Lipinski definition) is 5. The Morgan fingerprint density at radius 3 is 2.71 bits per heavy atom. The zero-order valence-electron chi connectivity index (χ0n) is 10.9.